The lowest BCUT2D eigenvalue weighted by atomic mass is 10.0. The number of hydrazine groups is 1. The number of benzene rings is 1. The van der Waals surface area contributed by atoms with Gasteiger partial charge in [-0.05, 0) is 18.6 Å². The van der Waals surface area contributed by atoms with Crippen LogP contribution in [0.4, 0.5) is 8.78 Å². The van der Waals surface area contributed by atoms with Crippen LogP contribution in [0, 0.1) is 30.9 Å². The van der Waals surface area contributed by atoms with E-state index < -0.39 is 17.7 Å². The van der Waals surface area contributed by atoms with E-state index in [0.717, 1.165) is 6.07 Å². The van der Waals surface area contributed by atoms with Gasteiger partial charge in [0, 0.05) is 18.1 Å². The predicted octanol–water partition coefficient (Wildman–Crippen LogP) is 1.80. The summed E-state index contributed by atoms with van der Waals surface area (Å²) in [5, 5.41) is 0. The van der Waals surface area contributed by atoms with Crippen LogP contribution in [0.15, 0.2) is 12.1 Å². The molecule has 0 aliphatic heterocycles. The van der Waals surface area contributed by atoms with Gasteiger partial charge in [0.1, 0.15) is 11.6 Å². The molecular weight excluding hydrogens is 198 g/mol. The van der Waals surface area contributed by atoms with Crippen molar-refractivity contribution in [2.75, 3.05) is 0 Å². The Kier molecular flexibility index (Phi) is 3.78. The molecule has 3 N–H and O–H groups in total. The molecule has 15 heavy (non-hydrogen) atoms. The van der Waals surface area contributed by atoms with Crippen molar-refractivity contribution in [2.24, 2.45) is 5.84 Å². The van der Waals surface area contributed by atoms with Crippen molar-refractivity contribution in [1.82, 2.24) is 5.43 Å². The molecule has 1 rings (SSSR count). The van der Waals surface area contributed by atoms with Gasteiger partial charge in [-0.15, -0.1) is 12.3 Å². The Hall–Kier alpha value is -1.44. The zero-order chi connectivity index (χ0) is 11.4. The molecule has 0 aliphatic rings. The topological polar surface area (TPSA) is 38.0 Å². The maximum atomic E-state index is 13.4. The first kappa shape index (κ1) is 11.6. The molecule has 1 aromatic rings. The zero-order valence-corrected chi connectivity index (χ0v) is 8.35. The summed E-state index contributed by atoms with van der Waals surface area (Å²) in [6.45, 7) is 1.56. The molecule has 0 aromatic heterocycles. The van der Waals surface area contributed by atoms with Crippen LogP contribution in [0.1, 0.15) is 23.6 Å². The fourth-order valence-corrected chi connectivity index (χ4v) is 1.32. The van der Waals surface area contributed by atoms with E-state index in [1.165, 1.54) is 6.07 Å². The Morgan fingerprint density at radius 1 is 1.47 bits per heavy atom. The minimum atomic E-state index is -0.642. The number of aryl methyl sites for hydroxylation is 1. The van der Waals surface area contributed by atoms with E-state index in [9.17, 15) is 8.78 Å². The van der Waals surface area contributed by atoms with Crippen LogP contribution in [-0.2, 0) is 0 Å². The number of nitrogens with one attached hydrogen (secondary N) is 1. The molecule has 1 atom stereocenters. The van der Waals surface area contributed by atoms with Gasteiger partial charge >= 0.3 is 0 Å². The molecule has 1 unspecified atom stereocenters. The van der Waals surface area contributed by atoms with Gasteiger partial charge in [-0.1, -0.05) is 0 Å². The lowest BCUT2D eigenvalue weighted by Gasteiger charge is -2.15. The lowest BCUT2D eigenvalue weighted by molar-refractivity contribution is 0.509. The van der Waals surface area contributed by atoms with Crippen molar-refractivity contribution < 1.29 is 8.78 Å². The Balaban J connectivity index is 3.13. The van der Waals surface area contributed by atoms with Gasteiger partial charge in [-0.2, -0.15) is 0 Å². The summed E-state index contributed by atoms with van der Waals surface area (Å²) >= 11 is 0. The standard InChI is InChI=1S/C11H12F2N2/c1-3-4-11(15-14)8-5-7(2)9(12)6-10(8)13/h1,5-6,11,15H,4,14H2,2H3. The molecule has 0 saturated heterocycles. The monoisotopic (exact) mass is 210 g/mol. The van der Waals surface area contributed by atoms with Gasteiger partial charge in [0.15, 0.2) is 0 Å². The maximum Gasteiger partial charge on any atom is 0.130 e. The summed E-state index contributed by atoms with van der Waals surface area (Å²) in [6.07, 6.45) is 5.37. The van der Waals surface area contributed by atoms with Gasteiger partial charge in [0.05, 0.1) is 6.04 Å². The third-order valence-electron chi connectivity index (χ3n) is 2.18. The van der Waals surface area contributed by atoms with Crippen molar-refractivity contribution in [3.05, 3.63) is 34.9 Å². The largest absolute Gasteiger partial charge is 0.271 e. The summed E-state index contributed by atoms with van der Waals surface area (Å²) in [4.78, 5) is 0. The van der Waals surface area contributed by atoms with Crippen LogP contribution in [0.25, 0.3) is 0 Å². The number of rotatable bonds is 3. The minimum Gasteiger partial charge on any atom is -0.271 e. The molecule has 0 saturated carbocycles. The quantitative estimate of drug-likeness (QED) is 0.453. The van der Waals surface area contributed by atoms with E-state index in [0.29, 0.717) is 5.56 Å². The van der Waals surface area contributed by atoms with E-state index in [1.807, 2.05) is 0 Å². The first-order valence-electron chi connectivity index (χ1n) is 4.45. The highest BCUT2D eigenvalue weighted by molar-refractivity contribution is 5.28. The van der Waals surface area contributed by atoms with Crippen LogP contribution in [0.5, 0.6) is 0 Å². The third-order valence-corrected chi connectivity index (χ3v) is 2.18. The molecule has 0 bridgehead atoms. The van der Waals surface area contributed by atoms with Crippen molar-refractivity contribution in [3.8, 4) is 12.3 Å². The summed E-state index contributed by atoms with van der Waals surface area (Å²) in [5.74, 6) is 6.40. The van der Waals surface area contributed by atoms with Gasteiger partial charge in [-0.25, -0.2) is 8.78 Å². The van der Waals surface area contributed by atoms with Gasteiger partial charge in [0.25, 0.3) is 0 Å². The molecule has 0 fully saturated rings. The molecule has 0 amide bonds. The minimum absolute atomic E-state index is 0.249. The molecule has 0 aliphatic carbocycles. The van der Waals surface area contributed by atoms with Crippen LogP contribution < -0.4 is 11.3 Å². The van der Waals surface area contributed by atoms with Gasteiger partial charge in [-0.3, -0.25) is 11.3 Å². The second-order valence-electron chi connectivity index (χ2n) is 3.25. The number of nitrogens with two attached hydrogens (primary N) is 1. The first-order chi connectivity index (χ1) is 7.10. The summed E-state index contributed by atoms with van der Waals surface area (Å²) in [7, 11) is 0. The van der Waals surface area contributed by atoms with Crippen molar-refractivity contribution in [1.29, 1.82) is 0 Å². The van der Waals surface area contributed by atoms with Crippen molar-refractivity contribution >= 4 is 0 Å². The van der Waals surface area contributed by atoms with Gasteiger partial charge in [0.2, 0.25) is 0 Å². The Morgan fingerprint density at radius 3 is 2.67 bits per heavy atom. The Labute approximate surface area is 87.4 Å². The van der Waals surface area contributed by atoms with E-state index in [4.69, 9.17) is 12.3 Å². The summed E-state index contributed by atoms with van der Waals surface area (Å²) in [5.41, 5.74) is 3.05. The molecule has 0 spiro atoms. The highest BCUT2D eigenvalue weighted by Crippen LogP contribution is 2.22. The number of halogens is 2. The molecule has 0 heterocycles. The summed E-state index contributed by atoms with van der Waals surface area (Å²) in [6, 6.07) is 1.76. The first-order valence-corrected chi connectivity index (χ1v) is 4.45. The van der Waals surface area contributed by atoms with Gasteiger partial charge < -0.3 is 0 Å². The van der Waals surface area contributed by atoms with Crippen molar-refractivity contribution in [3.63, 3.8) is 0 Å². The molecule has 1 aromatic carbocycles. The Bertz CT molecular complexity index is 396. The third kappa shape index (κ3) is 2.52. The average molecular weight is 210 g/mol. The molecular formula is C11H12F2N2. The van der Waals surface area contributed by atoms with Crippen LogP contribution >= 0.6 is 0 Å². The average Bonchev–Trinajstić information content (AvgIpc) is 2.20. The molecule has 2 nitrogen and oxygen atoms in total. The highest BCUT2D eigenvalue weighted by Gasteiger charge is 2.15. The van der Waals surface area contributed by atoms with E-state index in [1.54, 1.807) is 6.92 Å². The summed E-state index contributed by atoms with van der Waals surface area (Å²) < 4.78 is 26.4. The second kappa shape index (κ2) is 4.87. The lowest BCUT2D eigenvalue weighted by Crippen LogP contribution is -2.28. The normalized spacial score (nSPS) is 12.2. The fraction of sp³-hybridized carbons (Fsp3) is 0.273. The fourth-order valence-electron chi connectivity index (χ4n) is 1.32. The van der Waals surface area contributed by atoms with Crippen molar-refractivity contribution in [2.45, 2.75) is 19.4 Å². The number of terminal acetylenes is 1. The van der Waals surface area contributed by atoms with E-state index in [-0.39, 0.29) is 12.0 Å². The molecule has 0 radical (unpaired) electrons. The molecule has 80 valence electrons. The van der Waals surface area contributed by atoms with E-state index in [2.05, 4.69) is 11.3 Å². The smallest absolute Gasteiger partial charge is 0.130 e. The zero-order valence-electron chi connectivity index (χ0n) is 8.35. The number of hydrogen-bond acceptors (Lipinski definition) is 2. The van der Waals surface area contributed by atoms with Crippen LogP contribution in [0.3, 0.4) is 0 Å². The van der Waals surface area contributed by atoms with Crippen LogP contribution in [-0.4, -0.2) is 0 Å². The number of hydrogen-bond donors (Lipinski definition) is 2. The predicted molar refractivity (Wildman–Crippen MR) is 54.6 cm³/mol. The second-order valence-corrected chi connectivity index (χ2v) is 3.25. The SMILES string of the molecule is C#CCC(NN)c1cc(C)c(F)cc1F. The van der Waals surface area contributed by atoms with E-state index >= 15 is 0 Å². The van der Waals surface area contributed by atoms with Crippen LogP contribution in [0.2, 0.25) is 0 Å². The highest BCUT2D eigenvalue weighted by atomic mass is 19.1. The Morgan fingerprint density at radius 2 is 2.13 bits per heavy atom. The molecule has 4 heteroatoms. The maximum absolute atomic E-state index is 13.4.